The number of hydrogen-bond acceptors (Lipinski definition) is 3. The van der Waals surface area contributed by atoms with Crippen LogP contribution >= 0.6 is 11.6 Å². The molecule has 2 aromatic rings. The van der Waals surface area contributed by atoms with Crippen molar-refractivity contribution in [2.24, 2.45) is 0 Å². The topological polar surface area (TPSA) is 75.3 Å². The molecule has 1 aliphatic carbocycles. The average molecular weight is 395 g/mol. The van der Waals surface area contributed by atoms with Gasteiger partial charge in [0.15, 0.2) is 0 Å². The van der Waals surface area contributed by atoms with E-state index in [9.17, 15) is 17.6 Å². The van der Waals surface area contributed by atoms with Crippen molar-refractivity contribution in [3.05, 3.63) is 64.9 Å². The maximum atomic E-state index is 13.1. The highest BCUT2D eigenvalue weighted by molar-refractivity contribution is 7.89. The number of hydrogen-bond donors (Lipinski definition) is 2. The minimum atomic E-state index is -3.59. The summed E-state index contributed by atoms with van der Waals surface area (Å²) in [6.07, 6.45) is 4.42. The normalized spacial score (nSPS) is 14.5. The highest BCUT2D eigenvalue weighted by atomic mass is 35.5. The van der Waals surface area contributed by atoms with Gasteiger partial charge in [-0.2, -0.15) is 0 Å². The largest absolute Gasteiger partial charge is 0.322 e. The summed E-state index contributed by atoms with van der Waals surface area (Å²) in [5.74, 6) is -0.985. The lowest BCUT2D eigenvalue weighted by molar-refractivity contribution is -0.111. The van der Waals surface area contributed by atoms with Gasteiger partial charge in [0.25, 0.3) is 0 Å². The zero-order valence-corrected chi connectivity index (χ0v) is 15.1. The Morgan fingerprint density at radius 3 is 2.65 bits per heavy atom. The second-order valence-electron chi connectivity index (χ2n) is 5.92. The molecule has 8 heteroatoms. The molecule has 0 radical (unpaired) electrons. The van der Waals surface area contributed by atoms with Gasteiger partial charge in [-0.25, -0.2) is 17.5 Å². The van der Waals surface area contributed by atoms with Crippen molar-refractivity contribution >= 4 is 39.3 Å². The fraction of sp³-hybridized carbons (Fsp3) is 0.167. The Morgan fingerprint density at radius 2 is 1.96 bits per heavy atom. The lowest BCUT2D eigenvalue weighted by atomic mass is 10.2. The van der Waals surface area contributed by atoms with Gasteiger partial charge < -0.3 is 5.32 Å². The molecule has 0 spiro atoms. The highest BCUT2D eigenvalue weighted by Crippen LogP contribution is 2.23. The number of benzene rings is 2. The van der Waals surface area contributed by atoms with Crippen LogP contribution in [-0.2, 0) is 14.8 Å². The number of carbonyl (C=O) groups excluding carboxylic acids is 1. The number of nitrogens with one attached hydrogen (secondary N) is 2. The zero-order chi connectivity index (χ0) is 18.7. The summed E-state index contributed by atoms with van der Waals surface area (Å²) in [5.41, 5.74) is 0.923. The summed E-state index contributed by atoms with van der Waals surface area (Å²) in [6.45, 7) is 0. The molecule has 1 saturated carbocycles. The van der Waals surface area contributed by atoms with Gasteiger partial charge in [-0.3, -0.25) is 4.79 Å². The van der Waals surface area contributed by atoms with E-state index in [0.29, 0.717) is 11.3 Å². The van der Waals surface area contributed by atoms with Gasteiger partial charge in [0.1, 0.15) is 5.82 Å². The SMILES string of the molecule is O=C(/C=C/c1ccc(F)c(Cl)c1)Nc1cccc(S(=O)(=O)NC2CC2)c1. The lowest BCUT2D eigenvalue weighted by Gasteiger charge is -2.08. The molecule has 0 saturated heterocycles. The van der Waals surface area contributed by atoms with Crippen LogP contribution in [0.5, 0.6) is 0 Å². The average Bonchev–Trinajstić information content (AvgIpc) is 3.39. The predicted octanol–water partition coefficient (Wildman–Crippen LogP) is 3.57. The minimum absolute atomic E-state index is 0.00344. The number of amides is 1. The molecule has 0 atom stereocenters. The third kappa shape index (κ3) is 4.91. The molecule has 26 heavy (non-hydrogen) atoms. The van der Waals surface area contributed by atoms with Gasteiger partial charge in [-0.1, -0.05) is 23.7 Å². The first kappa shape index (κ1) is 18.6. The first-order valence-electron chi connectivity index (χ1n) is 7.90. The van der Waals surface area contributed by atoms with Crippen LogP contribution in [0, 0.1) is 5.82 Å². The molecule has 3 rings (SSSR count). The van der Waals surface area contributed by atoms with Gasteiger partial charge in [0.2, 0.25) is 15.9 Å². The van der Waals surface area contributed by atoms with Crippen LogP contribution in [0.1, 0.15) is 18.4 Å². The van der Waals surface area contributed by atoms with Crippen molar-refractivity contribution in [3.63, 3.8) is 0 Å². The Hall–Kier alpha value is -2.22. The van der Waals surface area contributed by atoms with Crippen molar-refractivity contribution in [3.8, 4) is 0 Å². The smallest absolute Gasteiger partial charge is 0.248 e. The fourth-order valence-corrected chi connectivity index (χ4v) is 3.74. The molecule has 0 aromatic heterocycles. The van der Waals surface area contributed by atoms with Crippen LogP contribution in [0.15, 0.2) is 53.4 Å². The summed E-state index contributed by atoms with van der Waals surface area (Å²) in [4.78, 5) is 12.1. The van der Waals surface area contributed by atoms with Crippen LogP contribution in [0.2, 0.25) is 5.02 Å². The van der Waals surface area contributed by atoms with Gasteiger partial charge in [-0.05, 0) is 54.8 Å². The molecule has 0 unspecified atom stereocenters. The lowest BCUT2D eigenvalue weighted by Crippen LogP contribution is -2.25. The van der Waals surface area contributed by atoms with Crippen molar-refractivity contribution in [2.45, 2.75) is 23.8 Å². The number of halogens is 2. The molecule has 1 fully saturated rings. The zero-order valence-electron chi connectivity index (χ0n) is 13.6. The van der Waals surface area contributed by atoms with Crippen LogP contribution in [0.4, 0.5) is 10.1 Å². The summed E-state index contributed by atoms with van der Waals surface area (Å²) >= 11 is 5.69. The Balaban J connectivity index is 1.68. The van der Waals surface area contributed by atoms with Gasteiger partial charge >= 0.3 is 0 Å². The van der Waals surface area contributed by atoms with E-state index in [4.69, 9.17) is 11.6 Å². The van der Waals surface area contributed by atoms with Crippen molar-refractivity contribution in [1.82, 2.24) is 4.72 Å². The third-order valence-corrected chi connectivity index (χ3v) is 5.49. The summed E-state index contributed by atoms with van der Waals surface area (Å²) < 4.78 is 40.1. The van der Waals surface area contributed by atoms with Crippen LogP contribution in [0.25, 0.3) is 6.08 Å². The summed E-state index contributed by atoms with van der Waals surface area (Å²) in [6, 6.07) is 10.1. The van der Waals surface area contributed by atoms with Crippen molar-refractivity contribution in [1.29, 1.82) is 0 Å². The molecule has 0 aliphatic heterocycles. The molecule has 0 bridgehead atoms. The number of rotatable bonds is 6. The van der Waals surface area contributed by atoms with Gasteiger partial charge in [-0.15, -0.1) is 0 Å². The van der Waals surface area contributed by atoms with E-state index in [1.54, 1.807) is 12.1 Å². The van der Waals surface area contributed by atoms with Crippen LogP contribution < -0.4 is 10.0 Å². The Bertz CT molecular complexity index is 972. The van der Waals surface area contributed by atoms with Crippen LogP contribution in [-0.4, -0.2) is 20.4 Å². The van der Waals surface area contributed by atoms with Gasteiger partial charge in [0.05, 0.1) is 9.92 Å². The molecular weight excluding hydrogens is 379 g/mol. The molecule has 2 N–H and O–H groups in total. The first-order valence-corrected chi connectivity index (χ1v) is 9.76. The minimum Gasteiger partial charge on any atom is -0.322 e. The predicted molar refractivity (Wildman–Crippen MR) is 98.9 cm³/mol. The molecule has 1 amide bonds. The van der Waals surface area contributed by atoms with E-state index in [0.717, 1.165) is 12.8 Å². The molecule has 1 aliphatic rings. The van der Waals surface area contributed by atoms with E-state index in [1.807, 2.05) is 0 Å². The van der Waals surface area contributed by atoms with E-state index in [1.165, 1.54) is 42.5 Å². The van der Waals surface area contributed by atoms with E-state index < -0.39 is 21.7 Å². The maximum absolute atomic E-state index is 13.1. The summed E-state index contributed by atoms with van der Waals surface area (Å²) in [5, 5.41) is 2.56. The number of carbonyl (C=O) groups is 1. The Morgan fingerprint density at radius 1 is 1.19 bits per heavy atom. The van der Waals surface area contributed by atoms with E-state index in [2.05, 4.69) is 10.0 Å². The van der Waals surface area contributed by atoms with Crippen LogP contribution in [0.3, 0.4) is 0 Å². The van der Waals surface area contributed by atoms with Crippen molar-refractivity contribution < 1.29 is 17.6 Å². The molecule has 136 valence electrons. The monoisotopic (exact) mass is 394 g/mol. The first-order chi connectivity index (χ1) is 12.3. The summed E-state index contributed by atoms with van der Waals surface area (Å²) in [7, 11) is -3.59. The maximum Gasteiger partial charge on any atom is 0.248 e. The van der Waals surface area contributed by atoms with Gasteiger partial charge in [0, 0.05) is 17.8 Å². The Labute approximate surface area is 155 Å². The third-order valence-electron chi connectivity index (χ3n) is 3.68. The molecule has 2 aromatic carbocycles. The second kappa shape index (κ2) is 7.57. The Kier molecular flexibility index (Phi) is 5.41. The molecule has 0 heterocycles. The standard InChI is InChI=1S/C18H16ClFN2O3S/c19-16-10-12(4-8-17(16)20)5-9-18(23)21-14-2-1-3-15(11-14)26(24,25)22-13-6-7-13/h1-5,8-11,13,22H,6-7H2,(H,21,23)/b9-5+. The highest BCUT2D eigenvalue weighted by Gasteiger charge is 2.28. The second-order valence-corrected chi connectivity index (χ2v) is 8.04. The molecular formula is C18H16ClFN2O3S. The molecule has 5 nitrogen and oxygen atoms in total. The van der Waals surface area contributed by atoms with E-state index in [-0.39, 0.29) is 16.0 Å². The quantitative estimate of drug-likeness (QED) is 0.735. The number of anilines is 1. The van der Waals surface area contributed by atoms with Crippen molar-refractivity contribution in [2.75, 3.05) is 5.32 Å². The fourth-order valence-electron chi connectivity index (χ4n) is 2.20. The number of sulfonamides is 1. The van der Waals surface area contributed by atoms with E-state index >= 15 is 0 Å².